The van der Waals surface area contributed by atoms with E-state index in [9.17, 15) is 0 Å². The molecule has 0 aromatic heterocycles. The first-order valence-electron chi connectivity index (χ1n) is 1.97. The summed E-state index contributed by atoms with van der Waals surface area (Å²) in [6.07, 6.45) is 0. The number of halogens is 2. The van der Waals surface area contributed by atoms with Crippen LogP contribution in [0.25, 0.3) is 0 Å². The predicted molar refractivity (Wildman–Crippen MR) is 49.8 cm³/mol. The molecule has 0 aliphatic rings. The van der Waals surface area contributed by atoms with Gasteiger partial charge in [-0.25, -0.2) is 0 Å². The van der Waals surface area contributed by atoms with Crippen LogP contribution in [0.3, 0.4) is 0 Å². The minimum absolute atomic E-state index is 0.179. The minimum atomic E-state index is -0.562. The largest absolute Gasteiger partial charge is 0.481 e. The SMILES string of the molecule is CC(I)C(I)=C(O)O. The van der Waals surface area contributed by atoms with Crippen LogP contribution in [-0.2, 0) is 0 Å². The zero-order valence-corrected chi connectivity index (χ0v) is 8.54. The van der Waals surface area contributed by atoms with E-state index in [1.807, 2.05) is 29.5 Å². The molecule has 2 N–H and O–H groups in total. The van der Waals surface area contributed by atoms with Crippen LogP contribution in [0.4, 0.5) is 0 Å². The molecule has 0 rings (SSSR count). The van der Waals surface area contributed by atoms with Gasteiger partial charge in [-0.05, 0) is 29.5 Å². The van der Waals surface area contributed by atoms with Crippen molar-refractivity contribution in [3.8, 4) is 0 Å². The second-order valence-electron chi connectivity index (χ2n) is 1.29. The highest BCUT2D eigenvalue weighted by Gasteiger charge is 2.04. The van der Waals surface area contributed by atoms with E-state index in [4.69, 9.17) is 10.2 Å². The number of rotatable bonds is 1. The third kappa shape index (κ3) is 2.95. The van der Waals surface area contributed by atoms with E-state index in [-0.39, 0.29) is 3.92 Å². The fraction of sp³-hybridized carbons (Fsp3) is 0.500. The first-order chi connectivity index (χ1) is 3.55. The summed E-state index contributed by atoms with van der Waals surface area (Å²) in [5.41, 5.74) is 0. The van der Waals surface area contributed by atoms with Crippen LogP contribution >= 0.6 is 45.2 Å². The third-order valence-corrected chi connectivity index (χ3v) is 3.79. The molecule has 0 aliphatic heterocycles. The summed E-state index contributed by atoms with van der Waals surface area (Å²) in [5, 5.41) is 16.8. The molecule has 2 nitrogen and oxygen atoms in total. The van der Waals surface area contributed by atoms with Gasteiger partial charge in [-0.2, -0.15) is 0 Å². The van der Waals surface area contributed by atoms with Crippen LogP contribution in [0.2, 0.25) is 0 Å². The lowest BCUT2D eigenvalue weighted by Crippen LogP contribution is -1.92. The second kappa shape index (κ2) is 3.76. The molecule has 8 heavy (non-hydrogen) atoms. The van der Waals surface area contributed by atoms with Gasteiger partial charge in [0.15, 0.2) is 0 Å². The zero-order chi connectivity index (χ0) is 6.73. The average Bonchev–Trinajstić information content (AvgIpc) is 1.64. The molecular weight excluding hydrogens is 334 g/mol. The van der Waals surface area contributed by atoms with E-state index in [0.717, 1.165) is 0 Å². The lowest BCUT2D eigenvalue weighted by atomic mass is 10.5. The predicted octanol–water partition coefficient (Wildman–Crippen LogP) is 2.53. The summed E-state index contributed by atoms with van der Waals surface area (Å²) < 4.78 is 0.765. The molecule has 0 amide bonds. The van der Waals surface area contributed by atoms with Gasteiger partial charge in [-0.3, -0.25) is 0 Å². The van der Waals surface area contributed by atoms with Crippen molar-refractivity contribution in [3.63, 3.8) is 0 Å². The minimum Gasteiger partial charge on any atom is -0.481 e. The molecule has 0 fully saturated rings. The summed E-state index contributed by atoms with van der Waals surface area (Å²) in [6, 6.07) is 0. The number of alkyl halides is 1. The Morgan fingerprint density at radius 1 is 1.50 bits per heavy atom. The zero-order valence-electron chi connectivity index (χ0n) is 4.23. The average molecular weight is 340 g/mol. The maximum absolute atomic E-state index is 8.41. The highest BCUT2D eigenvalue weighted by Crippen LogP contribution is 2.20. The number of hydrogen-bond donors (Lipinski definition) is 2. The first kappa shape index (κ1) is 8.80. The molecule has 0 saturated carbocycles. The Hall–Kier alpha value is 0.800. The van der Waals surface area contributed by atoms with Crippen LogP contribution < -0.4 is 0 Å². The number of aliphatic hydroxyl groups is 2. The van der Waals surface area contributed by atoms with Crippen LogP contribution in [0.5, 0.6) is 0 Å². The Bertz CT molecular complexity index is 105. The normalized spacial score (nSPS) is 12.9. The van der Waals surface area contributed by atoms with E-state index < -0.39 is 5.95 Å². The lowest BCUT2D eigenvalue weighted by Gasteiger charge is -1.98. The molecule has 1 unspecified atom stereocenters. The molecule has 0 aromatic rings. The summed E-state index contributed by atoms with van der Waals surface area (Å²) in [7, 11) is 0. The highest BCUT2D eigenvalue weighted by atomic mass is 127. The van der Waals surface area contributed by atoms with Crippen molar-refractivity contribution in [2.24, 2.45) is 0 Å². The van der Waals surface area contributed by atoms with Crippen LogP contribution in [0.15, 0.2) is 9.53 Å². The van der Waals surface area contributed by atoms with Gasteiger partial charge in [0.2, 0.25) is 0 Å². The fourth-order valence-electron chi connectivity index (χ4n) is 0.178. The molecule has 0 aliphatic carbocycles. The van der Waals surface area contributed by atoms with Crippen molar-refractivity contribution in [3.05, 3.63) is 9.53 Å². The summed E-state index contributed by atoms with van der Waals surface area (Å²) >= 11 is 3.99. The molecule has 0 radical (unpaired) electrons. The van der Waals surface area contributed by atoms with Gasteiger partial charge in [-0.1, -0.05) is 22.6 Å². The maximum atomic E-state index is 8.41. The maximum Gasteiger partial charge on any atom is 0.284 e. The third-order valence-electron chi connectivity index (χ3n) is 0.563. The molecule has 0 aromatic carbocycles. The Morgan fingerprint density at radius 3 is 1.88 bits per heavy atom. The van der Waals surface area contributed by atoms with Gasteiger partial charge in [0.25, 0.3) is 5.95 Å². The molecule has 1 atom stereocenters. The Balaban J connectivity index is 4.00. The summed E-state index contributed by atoms with van der Waals surface area (Å²) in [6.45, 7) is 1.88. The fourth-order valence-corrected chi connectivity index (χ4v) is 0.456. The summed E-state index contributed by atoms with van der Waals surface area (Å²) in [5.74, 6) is -0.562. The molecule has 48 valence electrons. The van der Waals surface area contributed by atoms with Gasteiger partial charge < -0.3 is 10.2 Å². The Labute approximate surface area is 75.3 Å². The van der Waals surface area contributed by atoms with E-state index in [0.29, 0.717) is 3.58 Å². The van der Waals surface area contributed by atoms with E-state index in [2.05, 4.69) is 22.6 Å². The first-order valence-corrected chi connectivity index (χ1v) is 4.29. The highest BCUT2D eigenvalue weighted by molar-refractivity contribution is 14.1. The van der Waals surface area contributed by atoms with Crippen molar-refractivity contribution in [1.82, 2.24) is 0 Å². The van der Waals surface area contributed by atoms with Crippen molar-refractivity contribution < 1.29 is 10.2 Å². The lowest BCUT2D eigenvalue weighted by molar-refractivity contribution is 0.189. The van der Waals surface area contributed by atoms with E-state index >= 15 is 0 Å². The van der Waals surface area contributed by atoms with E-state index in [1.165, 1.54) is 0 Å². The molecule has 0 bridgehead atoms. The van der Waals surface area contributed by atoms with Gasteiger partial charge in [0, 0.05) is 3.92 Å². The van der Waals surface area contributed by atoms with Crippen molar-refractivity contribution >= 4 is 45.2 Å². The van der Waals surface area contributed by atoms with Crippen molar-refractivity contribution in [2.75, 3.05) is 0 Å². The summed E-state index contributed by atoms with van der Waals surface area (Å²) in [4.78, 5) is 0. The van der Waals surface area contributed by atoms with Crippen molar-refractivity contribution in [1.29, 1.82) is 0 Å². The quantitative estimate of drug-likeness (QED) is 0.438. The Morgan fingerprint density at radius 2 is 1.88 bits per heavy atom. The van der Waals surface area contributed by atoms with Gasteiger partial charge in [0.05, 0.1) is 3.58 Å². The second-order valence-corrected chi connectivity index (χ2v) is 4.32. The number of allylic oxidation sites excluding steroid dienone is 1. The monoisotopic (exact) mass is 340 g/mol. The van der Waals surface area contributed by atoms with Gasteiger partial charge in [0.1, 0.15) is 0 Å². The molecule has 4 heteroatoms. The van der Waals surface area contributed by atoms with Crippen LogP contribution in [0.1, 0.15) is 6.92 Å². The van der Waals surface area contributed by atoms with Gasteiger partial charge >= 0.3 is 0 Å². The number of hydrogen-bond acceptors (Lipinski definition) is 2. The molecule has 0 saturated heterocycles. The molecule has 0 heterocycles. The van der Waals surface area contributed by atoms with Crippen molar-refractivity contribution in [2.45, 2.75) is 10.8 Å². The topological polar surface area (TPSA) is 40.5 Å². The van der Waals surface area contributed by atoms with Crippen LogP contribution in [0, 0.1) is 0 Å². The van der Waals surface area contributed by atoms with E-state index in [1.54, 1.807) is 0 Å². The van der Waals surface area contributed by atoms with Crippen LogP contribution in [-0.4, -0.2) is 14.1 Å². The number of aliphatic hydroxyl groups excluding tert-OH is 1. The Kier molecular flexibility index (Phi) is 4.13. The molecule has 0 spiro atoms. The standard InChI is InChI=1S/C4H6I2O2/c1-2(5)3(6)4(7)8/h2,7-8H,1H3. The molecular formula is C4H6I2O2. The smallest absolute Gasteiger partial charge is 0.284 e. The van der Waals surface area contributed by atoms with Gasteiger partial charge in [-0.15, -0.1) is 0 Å².